The summed E-state index contributed by atoms with van der Waals surface area (Å²) in [6.45, 7) is 7.59. The lowest BCUT2D eigenvalue weighted by Crippen LogP contribution is -2.40. The number of hydrogen-bond donors (Lipinski definition) is 2. The molecule has 6 nitrogen and oxygen atoms in total. The normalized spacial score (nSPS) is 13.2. The minimum Gasteiger partial charge on any atom is -0.327 e. The molecule has 0 bridgehead atoms. The summed E-state index contributed by atoms with van der Waals surface area (Å²) in [5.41, 5.74) is 8.14. The van der Waals surface area contributed by atoms with Crippen molar-refractivity contribution in [1.82, 2.24) is 14.3 Å². The fraction of sp³-hybridized carbons (Fsp3) is 0.348. The molecule has 0 radical (unpaired) electrons. The molecule has 8 heteroatoms. The van der Waals surface area contributed by atoms with Gasteiger partial charge >= 0.3 is 0 Å². The van der Waals surface area contributed by atoms with Crippen LogP contribution in [-0.2, 0) is 23.0 Å². The van der Waals surface area contributed by atoms with E-state index in [9.17, 15) is 12.8 Å². The molecular weight excluding hydrogens is 415 g/mol. The highest BCUT2D eigenvalue weighted by atomic mass is 32.2. The molecule has 0 saturated carbocycles. The fourth-order valence-corrected chi connectivity index (χ4v) is 4.91. The van der Waals surface area contributed by atoms with Gasteiger partial charge in [0.25, 0.3) is 0 Å². The number of halogens is 1. The number of nitrogens with one attached hydrogen (secondary N) is 1. The molecular formula is C23H29FN4O2S. The summed E-state index contributed by atoms with van der Waals surface area (Å²) in [5, 5.41) is 0. The van der Waals surface area contributed by atoms with Crippen molar-refractivity contribution in [3.05, 3.63) is 60.2 Å². The van der Waals surface area contributed by atoms with Gasteiger partial charge in [0.15, 0.2) is 0 Å². The molecule has 0 aliphatic rings. The van der Waals surface area contributed by atoms with Crippen LogP contribution in [0, 0.1) is 0 Å². The Morgan fingerprint density at radius 3 is 2.45 bits per heavy atom. The van der Waals surface area contributed by atoms with Crippen molar-refractivity contribution in [2.24, 2.45) is 5.73 Å². The van der Waals surface area contributed by atoms with Crippen molar-refractivity contribution in [2.75, 3.05) is 6.54 Å². The average Bonchev–Trinajstić information content (AvgIpc) is 3.04. The summed E-state index contributed by atoms with van der Waals surface area (Å²) in [7, 11) is -3.61. The zero-order valence-electron chi connectivity index (χ0n) is 18.3. The van der Waals surface area contributed by atoms with Crippen LogP contribution in [0.25, 0.3) is 22.2 Å². The Morgan fingerprint density at radius 2 is 1.87 bits per heavy atom. The molecule has 0 atom stereocenters. The Balaban J connectivity index is 2.04. The number of benzene rings is 2. The van der Waals surface area contributed by atoms with Crippen molar-refractivity contribution >= 4 is 21.1 Å². The minimum absolute atomic E-state index is 0.0793. The van der Waals surface area contributed by atoms with Crippen molar-refractivity contribution < 1.29 is 12.8 Å². The van der Waals surface area contributed by atoms with Gasteiger partial charge < -0.3 is 10.3 Å². The van der Waals surface area contributed by atoms with Gasteiger partial charge in [-0.3, -0.25) is 0 Å². The van der Waals surface area contributed by atoms with Gasteiger partial charge in [-0.25, -0.2) is 22.5 Å². The van der Waals surface area contributed by atoms with Gasteiger partial charge in [0.05, 0.1) is 22.5 Å². The fourth-order valence-electron chi connectivity index (χ4n) is 3.49. The largest absolute Gasteiger partial charge is 0.327 e. The van der Waals surface area contributed by atoms with Crippen LogP contribution >= 0.6 is 0 Å². The maximum atomic E-state index is 14.2. The van der Waals surface area contributed by atoms with Crippen molar-refractivity contribution in [3.63, 3.8) is 0 Å². The molecule has 0 amide bonds. The van der Waals surface area contributed by atoms with E-state index in [4.69, 9.17) is 10.7 Å². The number of sulfonamides is 1. The van der Waals surface area contributed by atoms with Gasteiger partial charge in [0.2, 0.25) is 10.0 Å². The Hall–Kier alpha value is -2.55. The van der Waals surface area contributed by atoms with Gasteiger partial charge in [-0.05, 0) is 50.6 Å². The molecule has 0 aliphatic heterocycles. The lowest BCUT2D eigenvalue weighted by molar-refractivity contribution is 0.491. The molecule has 3 aromatic rings. The highest BCUT2D eigenvalue weighted by molar-refractivity contribution is 7.89. The number of imidazole rings is 1. The molecule has 0 saturated heterocycles. The number of hydrogen-bond acceptors (Lipinski definition) is 4. The summed E-state index contributed by atoms with van der Waals surface area (Å²) in [4.78, 5) is 4.95. The predicted molar refractivity (Wildman–Crippen MR) is 123 cm³/mol. The lowest BCUT2D eigenvalue weighted by Gasteiger charge is -2.20. The smallest absolute Gasteiger partial charge is 0.241 e. The number of rotatable bonds is 7. The van der Waals surface area contributed by atoms with Crippen molar-refractivity contribution in [3.8, 4) is 11.1 Å². The molecule has 0 aliphatic carbocycles. The molecule has 0 spiro atoms. The van der Waals surface area contributed by atoms with Crippen molar-refractivity contribution in [1.29, 1.82) is 0 Å². The first-order valence-electron chi connectivity index (χ1n) is 10.2. The number of nitrogens with two attached hydrogens (primary N) is 1. The van der Waals surface area contributed by atoms with E-state index >= 15 is 0 Å². The number of para-hydroxylation sites is 1. The van der Waals surface area contributed by atoms with E-state index in [1.807, 2.05) is 29.7 Å². The molecule has 3 N–H and O–H groups in total. The second-order valence-electron chi connectivity index (χ2n) is 8.41. The van der Waals surface area contributed by atoms with Crippen LogP contribution in [0.5, 0.6) is 0 Å². The zero-order chi connectivity index (χ0) is 22.8. The number of fused-ring (bicyclic) bond motifs is 1. The third kappa shape index (κ3) is 5.20. The molecule has 0 unspecified atom stereocenters. The van der Waals surface area contributed by atoms with E-state index in [0.717, 1.165) is 28.0 Å². The third-order valence-corrected chi connectivity index (χ3v) is 6.51. The average molecular weight is 445 g/mol. The lowest BCUT2D eigenvalue weighted by atomic mass is 10.0. The molecule has 31 heavy (non-hydrogen) atoms. The molecule has 3 rings (SSSR count). The Morgan fingerprint density at radius 1 is 1.19 bits per heavy atom. The number of aryl methyl sites for hydroxylation is 1. The summed E-state index contributed by atoms with van der Waals surface area (Å²) < 4.78 is 43.8. The predicted octanol–water partition coefficient (Wildman–Crippen LogP) is 4.15. The SMILES string of the molecule is CCc1nc2c(-c3ccc(S(=O)(=O)NC(C)(C)C)cc3)cccc2n1CC(F)=CCN. The third-order valence-electron chi connectivity index (χ3n) is 4.74. The highest BCUT2D eigenvalue weighted by Gasteiger charge is 2.22. The highest BCUT2D eigenvalue weighted by Crippen LogP contribution is 2.30. The topological polar surface area (TPSA) is 90.0 Å². The van der Waals surface area contributed by atoms with Crippen LogP contribution in [0.3, 0.4) is 0 Å². The maximum absolute atomic E-state index is 14.2. The molecule has 166 valence electrons. The standard InChI is InChI=1S/C23H29FN4O2S/c1-5-21-26-22-19(7-6-8-20(22)28(21)15-17(24)13-14-25)16-9-11-18(12-10-16)31(29,30)27-23(2,3)4/h6-13,27H,5,14-15,25H2,1-4H3. The summed E-state index contributed by atoms with van der Waals surface area (Å²) >= 11 is 0. The van der Waals surface area contributed by atoms with E-state index in [1.54, 1.807) is 45.0 Å². The first-order valence-corrected chi connectivity index (χ1v) is 11.7. The quantitative estimate of drug-likeness (QED) is 0.573. The zero-order valence-corrected chi connectivity index (χ0v) is 19.1. The second-order valence-corrected chi connectivity index (χ2v) is 10.1. The van der Waals surface area contributed by atoms with Gasteiger partial charge in [-0.1, -0.05) is 31.2 Å². The minimum atomic E-state index is -3.61. The molecule has 0 fully saturated rings. The Kier molecular flexibility index (Phi) is 6.64. The first-order chi connectivity index (χ1) is 14.6. The summed E-state index contributed by atoms with van der Waals surface area (Å²) in [6, 6.07) is 12.4. The number of aromatic nitrogens is 2. The Bertz CT molecular complexity index is 1210. The van der Waals surface area contributed by atoms with Crippen LogP contribution < -0.4 is 10.5 Å². The summed E-state index contributed by atoms with van der Waals surface area (Å²) in [5.74, 6) is 0.472. The molecule has 1 heterocycles. The second kappa shape index (κ2) is 8.90. The Labute approximate surface area is 183 Å². The number of nitrogens with zero attached hydrogens (tertiary/aromatic N) is 2. The molecule has 2 aromatic carbocycles. The first kappa shape index (κ1) is 23.1. The van der Waals surface area contributed by atoms with E-state index < -0.39 is 15.6 Å². The summed E-state index contributed by atoms with van der Waals surface area (Å²) in [6.07, 6.45) is 2.01. The monoisotopic (exact) mass is 444 g/mol. The van der Waals surface area contributed by atoms with Crippen LogP contribution in [-0.4, -0.2) is 30.1 Å². The van der Waals surface area contributed by atoms with E-state index in [1.165, 1.54) is 6.08 Å². The maximum Gasteiger partial charge on any atom is 0.241 e. The molecule has 1 aromatic heterocycles. The number of allylic oxidation sites excluding steroid dienone is 1. The van der Waals surface area contributed by atoms with E-state index in [0.29, 0.717) is 6.42 Å². The van der Waals surface area contributed by atoms with Crippen LogP contribution in [0.4, 0.5) is 4.39 Å². The van der Waals surface area contributed by atoms with Crippen molar-refractivity contribution in [2.45, 2.75) is 51.1 Å². The van der Waals surface area contributed by atoms with Crippen LogP contribution in [0.2, 0.25) is 0 Å². The van der Waals surface area contributed by atoms with Gasteiger partial charge in [-0.2, -0.15) is 0 Å². The van der Waals surface area contributed by atoms with Gasteiger partial charge in [-0.15, -0.1) is 0 Å². The van der Waals surface area contributed by atoms with E-state index in [2.05, 4.69) is 4.72 Å². The van der Waals surface area contributed by atoms with E-state index in [-0.39, 0.29) is 23.8 Å². The van der Waals surface area contributed by atoms with Crippen LogP contribution in [0.1, 0.15) is 33.5 Å². The van der Waals surface area contributed by atoms with Gasteiger partial charge in [0.1, 0.15) is 11.7 Å². The van der Waals surface area contributed by atoms with Crippen LogP contribution in [0.15, 0.2) is 59.3 Å². The van der Waals surface area contributed by atoms with Gasteiger partial charge in [0, 0.05) is 24.1 Å².